The van der Waals surface area contributed by atoms with Gasteiger partial charge in [-0.3, -0.25) is 4.79 Å². The third-order valence-electron chi connectivity index (χ3n) is 4.77. The molecule has 4 rings (SSSR count). The molecule has 1 fully saturated rings. The molecule has 2 aromatic heterocycles. The van der Waals surface area contributed by atoms with E-state index < -0.39 is 18.2 Å². The first-order valence-electron chi connectivity index (χ1n) is 8.86. The highest BCUT2D eigenvalue weighted by Gasteiger charge is 2.20. The van der Waals surface area contributed by atoms with Crippen LogP contribution in [0.4, 0.5) is 11.5 Å². The van der Waals surface area contributed by atoms with Crippen molar-refractivity contribution in [3.63, 3.8) is 0 Å². The van der Waals surface area contributed by atoms with Gasteiger partial charge in [-0.05, 0) is 12.1 Å². The van der Waals surface area contributed by atoms with Crippen LogP contribution in [0.3, 0.4) is 0 Å². The van der Waals surface area contributed by atoms with Crippen molar-refractivity contribution in [2.75, 3.05) is 43.1 Å². The smallest absolute Gasteiger partial charge is 0.352 e. The Balaban J connectivity index is 1.50. The van der Waals surface area contributed by atoms with Crippen molar-refractivity contribution >= 4 is 23.1 Å². The third-order valence-corrected chi connectivity index (χ3v) is 4.77. The number of aromatic nitrogens is 4. The second-order valence-electron chi connectivity index (χ2n) is 6.48. The lowest BCUT2D eigenvalue weighted by molar-refractivity contribution is -0.137. The highest BCUT2D eigenvalue weighted by molar-refractivity contribution is 5.66. The summed E-state index contributed by atoms with van der Waals surface area (Å²) >= 11 is 0. The van der Waals surface area contributed by atoms with Gasteiger partial charge in [0.15, 0.2) is 5.65 Å². The van der Waals surface area contributed by atoms with Crippen LogP contribution < -0.4 is 20.2 Å². The van der Waals surface area contributed by atoms with Crippen LogP contribution in [0.2, 0.25) is 0 Å². The first kappa shape index (κ1) is 17.8. The van der Waals surface area contributed by atoms with Crippen LogP contribution in [-0.2, 0) is 11.3 Å². The van der Waals surface area contributed by atoms with Gasteiger partial charge in [0.05, 0.1) is 7.11 Å². The number of carboxylic acid groups (broad SMARTS) is 1. The second kappa shape index (κ2) is 7.22. The summed E-state index contributed by atoms with van der Waals surface area (Å²) in [5.74, 6) is 0.423. The molecule has 0 saturated carbocycles. The molecular formula is C18H20N6O4. The molecule has 10 heteroatoms. The van der Waals surface area contributed by atoms with E-state index >= 15 is 0 Å². The average molecular weight is 384 g/mol. The van der Waals surface area contributed by atoms with Gasteiger partial charge in [-0.2, -0.15) is 0 Å². The van der Waals surface area contributed by atoms with Crippen LogP contribution in [0.15, 0.2) is 41.5 Å². The zero-order valence-electron chi connectivity index (χ0n) is 15.4. The van der Waals surface area contributed by atoms with Crippen molar-refractivity contribution in [2.24, 2.45) is 0 Å². The second-order valence-corrected chi connectivity index (χ2v) is 6.48. The van der Waals surface area contributed by atoms with Crippen LogP contribution in [0.25, 0.3) is 5.65 Å². The molecule has 10 nitrogen and oxygen atoms in total. The number of rotatable bonds is 5. The molecule has 28 heavy (non-hydrogen) atoms. The maximum absolute atomic E-state index is 12.1. The number of nitrogens with zero attached hydrogens (tertiary/aromatic N) is 6. The van der Waals surface area contributed by atoms with Gasteiger partial charge in [-0.25, -0.2) is 18.9 Å². The van der Waals surface area contributed by atoms with Crippen LogP contribution in [0.5, 0.6) is 5.75 Å². The summed E-state index contributed by atoms with van der Waals surface area (Å²) in [6.45, 7) is 2.69. The van der Waals surface area contributed by atoms with Gasteiger partial charge in [0.1, 0.15) is 24.4 Å². The Morgan fingerprint density at radius 1 is 1.18 bits per heavy atom. The van der Waals surface area contributed by atoms with E-state index in [0.717, 1.165) is 42.3 Å². The third kappa shape index (κ3) is 3.36. The number of benzene rings is 1. The predicted molar refractivity (Wildman–Crippen MR) is 102 cm³/mol. The zero-order chi connectivity index (χ0) is 19.7. The van der Waals surface area contributed by atoms with Gasteiger partial charge in [-0.1, -0.05) is 6.07 Å². The SMILES string of the molecule is COc1cccc(N2CCN(c3cc4nn(CC(=O)O)c(=O)n4cn3)CC2)c1. The van der Waals surface area contributed by atoms with Gasteiger partial charge in [0.25, 0.3) is 0 Å². The largest absolute Gasteiger partial charge is 0.497 e. The normalized spacial score (nSPS) is 14.5. The highest BCUT2D eigenvalue weighted by Crippen LogP contribution is 2.23. The number of methoxy groups -OCH3 is 1. The van der Waals surface area contributed by atoms with Crippen LogP contribution in [0.1, 0.15) is 0 Å². The Labute approximate surface area is 160 Å². The molecule has 0 amide bonds. The monoisotopic (exact) mass is 384 g/mol. The minimum Gasteiger partial charge on any atom is -0.497 e. The summed E-state index contributed by atoms with van der Waals surface area (Å²) in [6.07, 6.45) is 1.40. The topological polar surface area (TPSA) is 105 Å². The quantitative estimate of drug-likeness (QED) is 0.670. The number of ether oxygens (including phenoxy) is 1. The molecule has 0 spiro atoms. The molecule has 0 radical (unpaired) electrons. The Morgan fingerprint density at radius 3 is 2.64 bits per heavy atom. The Hall–Kier alpha value is -3.56. The summed E-state index contributed by atoms with van der Waals surface area (Å²) in [4.78, 5) is 31.8. The molecule has 1 saturated heterocycles. The lowest BCUT2D eigenvalue weighted by atomic mass is 10.2. The molecule has 146 valence electrons. The maximum atomic E-state index is 12.1. The Kier molecular flexibility index (Phi) is 4.60. The number of hydrogen-bond acceptors (Lipinski definition) is 7. The molecule has 0 aliphatic carbocycles. The van der Waals surface area contributed by atoms with Gasteiger partial charge in [-0.15, -0.1) is 5.10 Å². The fourth-order valence-electron chi connectivity index (χ4n) is 3.32. The molecule has 1 aliphatic rings. The van der Waals surface area contributed by atoms with E-state index in [9.17, 15) is 9.59 Å². The number of hydrogen-bond donors (Lipinski definition) is 1. The highest BCUT2D eigenvalue weighted by atomic mass is 16.5. The number of piperazine rings is 1. The summed E-state index contributed by atoms with van der Waals surface area (Å²) in [6, 6.07) is 9.68. The van der Waals surface area contributed by atoms with E-state index in [1.807, 2.05) is 18.2 Å². The van der Waals surface area contributed by atoms with Gasteiger partial charge in [0.2, 0.25) is 0 Å². The summed E-state index contributed by atoms with van der Waals surface area (Å²) < 4.78 is 7.46. The fourth-order valence-corrected chi connectivity index (χ4v) is 3.32. The molecule has 1 N–H and O–H groups in total. The minimum absolute atomic E-state index is 0.381. The van der Waals surface area contributed by atoms with Crippen LogP contribution in [0, 0.1) is 0 Å². The molecule has 3 heterocycles. The maximum Gasteiger partial charge on any atom is 0.352 e. The lowest BCUT2D eigenvalue weighted by Crippen LogP contribution is -2.46. The fraction of sp³-hybridized carbons (Fsp3) is 0.333. The average Bonchev–Trinajstić information content (AvgIpc) is 3.02. The van der Waals surface area contributed by atoms with Crippen LogP contribution >= 0.6 is 0 Å². The standard InChI is InChI=1S/C18H20N6O4/c1-28-14-4-2-3-13(9-14)21-5-7-22(8-6-21)15-10-16-20-24(11-17(25)26)18(27)23(16)12-19-15/h2-4,9-10,12H,5-8,11H2,1H3,(H,25,26). The van der Waals surface area contributed by atoms with Gasteiger partial charge < -0.3 is 19.6 Å². The van der Waals surface area contributed by atoms with E-state index in [1.54, 1.807) is 13.2 Å². The summed E-state index contributed by atoms with van der Waals surface area (Å²) in [5.41, 5.74) is 0.979. The first-order valence-corrected chi connectivity index (χ1v) is 8.86. The molecule has 0 unspecified atom stereocenters. The van der Waals surface area contributed by atoms with Crippen molar-refractivity contribution in [1.82, 2.24) is 19.2 Å². The van der Waals surface area contributed by atoms with Crippen molar-refractivity contribution < 1.29 is 14.6 Å². The van der Waals surface area contributed by atoms with Crippen molar-refractivity contribution in [3.05, 3.63) is 47.1 Å². The van der Waals surface area contributed by atoms with E-state index in [-0.39, 0.29) is 0 Å². The number of anilines is 2. The number of aliphatic carboxylic acids is 1. The number of carboxylic acids is 1. The molecule has 0 atom stereocenters. The molecule has 1 aromatic carbocycles. The zero-order valence-corrected chi connectivity index (χ0v) is 15.4. The van der Waals surface area contributed by atoms with Crippen molar-refractivity contribution in [3.8, 4) is 5.75 Å². The van der Waals surface area contributed by atoms with Crippen molar-refractivity contribution in [2.45, 2.75) is 6.54 Å². The number of carbonyl (C=O) groups is 1. The van der Waals surface area contributed by atoms with Gasteiger partial charge in [0, 0.05) is 44.0 Å². The predicted octanol–water partition coefficient (Wildman–Crippen LogP) is 0.311. The van der Waals surface area contributed by atoms with Crippen LogP contribution in [-0.4, -0.2) is 63.5 Å². The Morgan fingerprint density at radius 2 is 1.93 bits per heavy atom. The molecule has 1 aliphatic heterocycles. The van der Waals surface area contributed by atoms with Gasteiger partial charge >= 0.3 is 11.7 Å². The van der Waals surface area contributed by atoms with E-state index in [0.29, 0.717) is 11.5 Å². The Bertz CT molecular complexity index is 1070. The number of fused-ring (bicyclic) bond motifs is 1. The molecule has 3 aromatic rings. The van der Waals surface area contributed by atoms with Crippen molar-refractivity contribution in [1.29, 1.82) is 0 Å². The summed E-state index contributed by atoms with van der Waals surface area (Å²) in [7, 11) is 1.65. The van der Waals surface area contributed by atoms with E-state index in [1.165, 1.54) is 10.7 Å². The minimum atomic E-state index is -1.12. The van der Waals surface area contributed by atoms with E-state index in [4.69, 9.17) is 9.84 Å². The van der Waals surface area contributed by atoms with E-state index in [2.05, 4.69) is 25.9 Å². The molecule has 0 bridgehead atoms. The summed E-state index contributed by atoms with van der Waals surface area (Å²) in [5, 5.41) is 13.0. The first-order chi connectivity index (χ1) is 13.5. The lowest BCUT2D eigenvalue weighted by Gasteiger charge is -2.36. The molecular weight excluding hydrogens is 364 g/mol.